The Morgan fingerprint density at radius 1 is 1.25 bits per heavy atom. The molecule has 1 aliphatic heterocycles. The molecular formula is C24H24N4O2S2. The monoisotopic (exact) mass is 464 g/mol. The van der Waals surface area contributed by atoms with Crippen LogP contribution in [0.3, 0.4) is 0 Å². The fourth-order valence-corrected chi connectivity index (χ4v) is 6.25. The number of benzene rings is 1. The molecule has 0 aliphatic carbocycles. The van der Waals surface area contributed by atoms with Gasteiger partial charge in [-0.05, 0) is 61.4 Å². The highest BCUT2D eigenvalue weighted by Gasteiger charge is 2.22. The largest absolute Gasteiger partial charge is 0.321 e. The minimum Gasteiger partial charge on any atom is -0.321 e. The van der Waals surface area contributed by atoms with Gasteiger partial charge in [-0.1, -0.05) is 17.7 Å². The molecule has 4 aromatic rings. The van der Waals surface area contributed by atoms with Crippen molar-refractivity contribution in [3.63, 3.8) is 0 Å². The Morgan fingerprint density at radius 3 is 2.91 bits per heavy atom. The van der Waals surface area contributed by atoms with E-state index in [0.717, 1.165) is 36.3 Å². The Balaban J connectivity index is 1.41. The molecule has 1 aliphatic rings. The minimum atomic E-state index is -0.209. The number of H-pyrrole nitrogens is 1. The summed E-state index contributed by atoms with van der Waals surface area (Å²) in [7, 11) is 0. The van der Waals surface area contributed by atoms with Gasteiger partial charge in [0.15, 0.2) is 0 Å². The first kappa shape index (κ1) is 21.1. The zero-order valence-corrected chi connectivity index (χ0v) is 19.9. The number of nitrogens with one attached hydrogen (secondary N) is 2. The summed E-state index contributed by atoms with van der Waals surface area (Å²) in [6, 6.07) is 8.09. The average molecular weight is 465 g/mol. The van der Waals surface area contributed by atoms with Gasteiger partial charge in [0.25, 0.3) is 11.5 Å². The molecule has 8 heteroatoms. The highest BCUT2D eigenvalue weighted by molar-refractivity contribution is 7.20. The summed E-state index contributed by atoms with van der Waals surface area (Å²) in [6.45, 7) is 8.21. The topological polar surface area (TPSA) is 78.1 Å². The van der Waals surface area contributed by atoms with Crippen LogP contribution in [0.1, 0.15) is 42.6 Å². The molecular weight excluding hydrogens is 440 g/mol. The van der Waals surface area contributed by atoms with E-state index in [1.807, 2.05) is 50.3 Å². The zero-order valence-electron chi connectivity index (χ0n) is 18.2. The molecule has 0 unspecified atom stereocenters. The first-order valence-corrected chi connectivity index (χ1v) is 12.3. The van der Waals surface area contributed by atoms with Crippen LogP contribution >= 0.6 is 22.7 Å². The van der Waals surface area contributed by atoms with Gasteiger partial charge in [0, 0.05) is 23.7 Å². The summed E-state index contributed by atoms with van der Waals surface area (Å²) in [5.74, 6) is 0.434. The summed E-state index contributed by atoms with van der Waals surface area (Å²) in [6.07, 6.45) is 1.03. The van der Waals surface area contributed by atoms with Crippen LogP contribution in [-0.2, 0) is 19.5 Å². The van der Waals surface area contributed by atoms with E-state index in [1.165, 1.54) is 21.8 Å². The Labute approximate surface area is 193 Å². The van der Waals surface area contributed by atoms with Gasteiger partial charge in [0.05, 0.1) is 16.8 Å². The number of aryl methyl sites for hydroxylation is 3. The van der Waals surface area contributed by atoms with E-state index in [-0.39, 0.29) is 11.5 Å². The standard InChI is InChI=1S/C24H24N4O2S2/c1-13-4-5-17(14(2)10-13)25-23(30)21-15(3)20-22(29)26-19(27-24(20)32-21)12-28-8-6-18-16(11-28)7-9-31-18/h4-5,7,9-10H,6,8,11-12H2,1-3H3,(H,25,30)(H,26,27,29). The van der Waals surface area contributed by atoms with Crippen molar-refractivity contribution in [3.8, 4) is 0 Å². The molecule has 164 valence electrons. The molecule has 6 nitrogen and oxygen atoms in total. The zero-order chi connectivity index (χ0) is 22.4. The van der Waals surface area contributed by atoms with Crippen LogP contribution in [0.5, 0.6) is 0 Å². The molecule has 5 rings (SSSR count). The molecule has 0 saturated carbocycles. The van der Waals surface area contributed by atoms with Gasteiger partial charge < -0.3 is 10.3 Å². The quantitative estimate of drug-likeness (QED) is 0.456. The van der Waals surface area contributed by atoms with E-state index in [4.69, 9.17) is 4.98 Å². The maximum atomic E-state index is 13.0. The van der Waals surface area contributed by atoms with Gasteiger partial charge in [0.1, 0.15) is 10.7 Å². The maximum Gasteiger partial charge on any atom is 0.266 e. The lowest BCUT2D eigenvalue weighted by Crippen LogP contribution is -2.30. The highest BCUT2D eigenvalue weighted by atomic mass is 32.1. The number of anilines is 1. The fraction of sp³-hybridized carbons (Fsp3) is 0.292. The molecule has 2 N–H and O–H groups in total. The lowest BCUT2D eigenvalue weighted by molar-refractivity contribution is 0.103. The lowest BCUT2D eigenvalue weighted by atomic mass is 10.1. The number of carbonyl (C=O) groups is 1. The lowest BCUT2D eigenvalue weighted by Gasteiger charge is -2.26. The van der Waals surface area contributed by atoms with Crippen LogP contribution in [0.15, 0.2) is 34.4 Å². The van der Waals surface area contributed by atoms with Crippen molar-refractivity contribution in [1.82, 2.24) is 14.9 Å². The van der Waals surface area contributed by atoms with Crippen LogP contribution in [0.2, 0.25) is 0 Å². The van der Waals surface area contributed by atoms with Crippen molar-refractivity contribution in [1.29, 1.82) is 0 Å². The summed E-state index contributed by atoms with van der Waals surface area (Å²) in [4.78, 5) is 38.4. The number of fused-ring (bicyclic) bond motifs is 2. The SMILES string of the molecule is Cc1ccc(NC(=O)c2sc3nc(CN4CCc5sccc5C4)[nH]c(=O)c3c2C)c(C)c1. The second-order valence-corrected chi connectivity index (χ2v) is 10.4. The normalized spacial score (nSPS) is 14.0. The number of amides is 1. The van der Waals surface area contributed by atoms with E-state index < -0.39 is 0 Å². The Kier molecular flexibility index (Phi) is 5.44. The number of carbonyl (C=O) groups excluding carboxylic acids is 1. The molecule has 32 heavy (non-hydrogen) atoms. The predicted molar refractivity (Wildman–Crippen MR) is 131 cm³/mol. The number of rotatable bonds is 4. The van der Waals surface area contributed by atoms with Crippen LogP contribution in [0.4, 0.5) is 5.69 Å². The first-order chi connectivity index (χ1) is 15.4. The van der Waals surface area contributed by atoms with Gasteiger partial charge in [0.2, 0.25) is 0 Å². The predicted octanol–water partition coefficient (Wildman–Crippen LogP) is 4.78. The molecule has 3 aromatic heterocycles. The number of aromatic nitrogens is 2. The van der Waals surface area contributed by atoms with E-state index in [0.29, 0.717) is 33.0 Å². The molecule has 0 fully saturated rings. The van der Waals surface area contributed by atoms with Gasteiger partial charge >= 0.3 is 0 Å². The summed E-state index contributed by atoms with van der Waals surface area (Å²) in [5.41, 5.74) is 4.78. The molecule has 1 amide bonds. The number of thiophene rings is 2. The smallest absolute Gasteiger partial charge is 0.266 e. The van der Waals surface area contributed by atoms with Gasteiger partial charge in [-0.2, -0.15) is 0 Å². The van der Waals surface area contributed by atoms with Crippen LogP contribution < -0.4 is 10.9 Å². The highest BCUT2D eigenvalue weighted by Crippen LogP contribution is 2.29. The van der Waals surface area contributed by atoms with Gasteiger partial charge in [-0.15, -0.1) is 22.7 Å². The summed E-state index contributed by atoms with van der Waals surface area (Å²) >= 11 is 3.09. The molecule has 0 atom stereocenters. The van der Waals surface area contributed by atoms with Crippen molar-refractivity contribution >= 4 is 44.5 Å². The van der Waals surface area contributed by atoms with Crippen molar-refractivity contribution < 1.29 is 4.79 Å². The van der Waals surface area contributed by atoms with Crippen LogP contribution in [0.25, 0.3) is 10.2 Å². The molecule has 4 heterocycles. The molecule has 0 spiro atoms. The minimum absolute atomic E-state index is 0.183. The third-order valence-corrected chi connectivity index (χ3v) is 8.15. The van der Waals surface area contributed by atoms with Crippen molar-refractivity contribution in [2.45, 2.75) is 40.3 Å². The average Bonchev–Trinajstić information content (AvgIpc) is 3.34. The molecule has 0 radical (unpaired) electrons. The van der Waals surface area contributed by atoms with Gasteiger partial charge in [-0.3, -0.25) is 14.5 Å². The van der Waals surface area contributed by atoms with Crippen molar-refractivity contribution in [2.75, 3.05) is 11.9 Å². The number of nitrogens with zero attached hydrogens (tertiary/aromatic N) is 2. The third kappa shape index (κ3) is 3.90. The molecule has 0 bridgehead atoms. The second kappa shape index (κ2) is 8.27. The summed E-state index contributed by atoms with van der Waals surface area (Å²) < 4.78 is 0. The first-order valence-electron chi connectivity index (χ1n) is 10.6. The fourth-order valence-electron chi connectivity index (χ4n) is 4.27. The maximum absolute atomic E-state index is 13.0. The third-order valence-electron chi connectivity index (χ3n) is 5.95. The van der Waals surface area contributed by atoms with Crippen molar-refractivity contribution in [3.05, 3.63) is 77.8 Å². The summed E-state index contributed by atoms with van der Waals surface area (Å²) in [5, 5.41) is 5.63. The number of hydrogen-bond acceptors (Lipinski definition) is 6. The molecule has 0 saturated heterocycles. The van der Waals surface area contributed by atoms with Crippen molar-refractivity contribution in [2.24, 2.45) is 0 Å². The Morgan fingerprint density at radius 2 is 2.09 bits per heavy atom. The Bertz CT molecular complexity index is 1400. The van der Waals surface area contributed by atoms with E-state index in [1.54, 1.807) is 0 Å². The van der Waals surface area contributed by atoms with E-state index >= 15 is 0 Å². The second-order valence-electron chi connectivity index (χ2n) is 8.35. The Hall–Kier alpha value is -2.81. The number of hydrogen-bond donors (Lipinski definition) is 2. The van der Waals surface area contributed by atoms with E-state index in [2.05, 4.69) is 26.6 Å². The van der Waals surface area contributed by atoms with Gasteiger partial charge in [-0.25, -0.2) is 4.98 Å². The van der Waals surface area contributed by atoms with E-state index in [9.17, 15) is 9.59 Å². The van der Waals surface area contributed by atoms with Crippen LogP contribution in [0, 0.1) is 20.8 Å². The molecule has 1 aromatic carbocycles. The van der Waals surface area contributed by atoms with Crippen LogP contribution in [-0.4, -0.2) is 27.3 Å². The number of aromatic amines is 1.